The van der Waals surface area contributed by atoms with Crippen LogP contribution in [0.1, 0.15) is 221 Å². The molecule has 4 aromatic rings. The van der Waals surface area contributed by atoms with Crippen molar-refractivity contribution in [3.05, 3.63) is 125 Å². The molecule has 0 radical (unpaired) electrons. The third-order valence-corrected chi connectivity index (χ3v) is 29.4. The van der Waals surface area contributed by atoms with Gasteiger partial charge >= 0.3 is 394 Å². The van der Waals surface area contributed by atoms with Gasteiger partial charge in [0.1, 0.15) is 0 Å². The molecule has 1 aliphatic heterocycles. The molecule has 0 amide bonds. The fraction of sp³-hybridized carbons (Fsp3) is 0.548. The number of hydrogen-bond acceptors (Lipinski definition) is 0. The first-order valence-corrected chi connectivity index (χ1v) is 31.5. The summed E-state index contributed by atoms with van der Waals surface area (Å²) in [6, 6.07) is 15.3. The van der Waals surface area contributed by atoms with Crippen LogP contribution >= 0.6 is 0 Å². The van der Waals surface area contributed by atoms with Crippen LogP contribution in [0.3, 0.4) is 0 Å². The van der Waals surface area contributed by atoms with E-state index in [0.29, 0.717) is 7.25 Å². The van der Waals surface area contributed by atoms with Crippen LogP contribution in [0, 0.1) is 41.5 Å². The maximum Gasteiger partial charge on any atom is -1.00 e. The van der Waals surface area contributed by atoms with Crippen LogP contribution in [0.15, 0.2) is 47.5 Å². The fourth-order valence-electron chi connectivity index (χ4n) is 11.8. The first kappa shape index (κ1) is 53.8. The van der Waals surface area contributed by atoms with Gasteiger partial charge in [0.05, 0.1) is 0 Å². The van der Waals surface area contributed by atoms with E-state index in [-0.39, 0.29) is 46.5 Å². The van der Waals surface area contributed by atoms with E-state index in [0.717, 1.165) is 0 Å². The van der Waals surface area contributed by atoms with E-state index in [1.54, 1.807) is 44.5 Å². The molecule has 1 saturated heterocycles. The predicted octanol–water partition coefficient (Wildman–Crippen LogP) is 13.0. The van der Waals surface area contributed by atoms with E-state index in [1.165, 1.54) is 114 Å². The maximum absolute atomic E-state index is 3.12. The van der Waals surface area contributed by atoms with E-state index in [1.807, 2.05) is 0 Å². The molecule has 2 atom stereocenters. The summed E-state index contributed by atoms with van der Waals surface area (Å²) in [4.78, 5) is 0. The minimum atomic E-state index is -3.12. The third kappa shape index (κ3) is 9.73. The monoisotopic (exact) mass is 991 g/mol. The smallest absolute Gasteiger partial charge is 1.00 e. The predicted molar refractivity (Wildman–Crippen MR) is 277 cm³/mol. The molecule has 0 bridgehead atoms. The van der Waals surface area contributed by atoms with Gasteiger partial charge in [-0.2, -0.15) is 0 Å². The molecule has 1 fully saturated rings. The van der Waals surface area contributed by atoms with Crippen molar-refractivity contribution >= 4 is 12.2 Å². The standard InChI is InChI=1S/2C30H41.C2H4.2ClH.Zr/c2*1-11-12-13-22-14-26-20(3)19(2)21(4)28(27(26)15-22)23-16-24(29(5,6)7)18-25(17-23)30(8,9)10;1-2;;;/h2*14-18H,11-13H2,1-10H3;1-2H2;2*1H;/q;;;;;+2/p-2. The van der Waals surface area contributed by atoms with Crippen molar-refractivity contribution in [3.8, 4) is 22.3 Å². The minimum Gasteiger partial charge on any atom is -1.00 e. The molecule has 4 aromatic carbocycles. The van der Waals surface area contributed by atoms with Crippen LogP contribution in [0.2, 0.25) is 8.26 Å². The molecule has 0 N–H and O–H groups in total. The number of halogens is 2. The second-order valence-electron chi connectivity index (χ2n) is 25.0. The Morgan fingerprint density at radius 2 is 0.723 bits per heavy atom. The molecule has 352 valence electrons. The van der Waals surface area contributed by atoms with Gasteiger partial charge in [0, 0.05) is 0 Å². The Bertz CT molecular complexity index is 2290. The summed E-state index contributed by atoms with van der Waals surface area (Å²) < 4.78 is 4.27. The molecular formula is C62H86Cl2Zr. The topological polar surface area (TPSA) is 0 Å². The first-order chi connectivity index (χ1) is 29.2. The van der Waals surface area contributed by atoms with Gasteiger partial charge in [-0.15, -0.1) is 0 Å². The summed E-state index contributed by atoms with van der Waals surface area (Å²) in [6.07, 6.45) is 13.1. The quantitative estimate of drug-likeness (QED) is 0.149. The van der Waals surface area contributed by atoms with Crippen LogP contribution < -0.4 is 24.8 Å². The molecule has 0 spiro atoms. The molecular weight excluding hydrogens is 907 g/mol. The Morgan fingerprint density at radius 3 is 0.969 bits per heavy atom. The van der Waals surface area contributed by atoms with Crippen LogP contribution in [0.4, 0.5) is 0 Å². The third-order valence-electron chi connectivity index (χ3n) is 16.4. The summed E-state index contributed by atoms with van der Waals surface area (Å²) in [5, 5.41) is 0. The van der Waals surface area contributed by atoms with Gasteiger partial charge in [-0.25, -0.2) is 0 Å². The number of hydrogen-bond donors (Lipinski definition) is 0. The molecule has 3 aliphatic rings. The van der Waals surface area contributed by atoms with Crippen molar-refractivity contribution in [2.75, 3.05) is 0 Å². The maximum atomic E-state index is 2.80. The average molecular weight is 993 g/mol. The van der Waals surface area contributed by atoms with Crippen molar-refractivity contribution in [1.82, 2.24) is 0 Å². The number of benzene rings is 4. The van der Waals surface area contributed by atoms with Crippen LogP contribution in [0.25, 0.3) is 34.4 Å². The summed E-state index contributed by atoms with van der Waals surface area (Å²) in [5.74, 6) is 0. The Morgan fingerprint density at radius 1 is 0.431 bits per heavy atom. The molecule has 7 rings (SSSR count). The van der Waals surface area contributed by atoms with Gasteiger partial charge in [0.2, 0.25) is 0 Å². The summed E-state index contributed by atoms with van der Waals surface area (Å²) in [5.41, 5.74) is 31.5. The molecule has 3 heteroatoms. The van der Waals surface area contributed by atoms with Gasteiger partial charge in [-0.05, 0) is 0 Å². The summed E-state index contributed by atoms with van der Waals surface area (Å²) in [6.45, 7) is 48.4. The van der Waals surface area contributed by atoms with Crippen molar-refractivity contribution in [2.45, 2.75) is 214 Å². The van der Waals surface area contributed by atoms with Crippen LogP contribution in [-0.4, -0.2) is 0 Å². The second-order valence-corrected chi connectivity index (χ2v) is 36.4. The largest absolute Gasteiger partial charge is 1.00 e. The fourth-order valence-corrected chi connectivity index (χ4v) is 29.8. The number of unbranched alkanes of at least 4 members (excludes halogenated alkanes) is 2. The van der Waals surface area contributed by atoms with Gasteiger partial charge < -0.3 is 24.8 Å². The van der Waals surface area contributed by atoms with Gasteiger partial charge in [0.25, 0.3) is 0 Å². The van der Waals surface area contributed by atoms with Gasteiger partial charge in [-0.3, -0.25) is 0 Å². The zero-order chi connectivity index (χ0) is 46.5. The van der Waals surface area contributed by atoms with Crippen LogP contribution in [-0.2, 0) is 41.9 Å². The number of allylic oxidation sites excluding steroid dienone is 2. The van der Waals surface area contributed by atoms with E-state index < -0.39 is 20.3 Å². The zero-order valence-electron chi connectivity index (χ0n) is 44.7. The van der Waals surface area contributed by atoms with E-state index >= 15 is 0 Å². The van der Waals surface area contributed by atoms with Crippen molar-refractivity contribution in [1.29, 1.82) is 0 Å². The molecule has 1 heterocycles. The Balaban J connectivity index is 0.00000397. The second kappa shape index (κ2) is 19.0. The van der Waals surface area contributed by atoms with Crippen molar-refractivity contribution in [3.63, 3.8) is 0 Å². The average Bonchev–Trinajstić information content (AvgIpc) is 3.75. The molecule has 0 nitrogen and oxygen atoms in total. The van der Waals surface area contributed by atoms with Crippen LogP contribution in [0.5, 0.6) is 0 Å². The molecule has 0 saturated carbocycles. The Kier molecular flexibility index (Phi) is 15.7. The Labute approximate surface area is 416 Å². The van der Waals surface area contributed by atoms with E-state index in [4.69, 9.17) is 0 Å². The minimum absolute atomic E-state index is 0. The molecule has 2 unspecified atom stereocenters. The summed E-state index contributed by atoms with van der Waals surface area (Å²) in [7, 11) is 0. The Hall–Kier alpha value is -2.18. The molecule has 65 heavy (non-hydrogen) atoms. The molecule has 2 aliphatic carbocycles. The van der Waals surface area contributed by atoms with Gasteiger partial charge in [-0.1, -0.05) is 0 Å². The SMILES string of the molecule is CCCCC1=Cc2c(-c3cc(C(C)(C)C)cc(C(C)(C)C)c3)c(C)c(C)c(C)c2[CH]1[Zr+2]1([CH]2C(CCCC)=Cc3c(-c4cc(C(C)(C)C)cc(C(C)(C)C)c4)c(C)c(C)c(C)c32)[CH2][CH2]1.[Cl-].[Cl-]. The van der Waals surface area contributed by atoms with Crippen molar-refractivity contribution in [2.24, 2.45) is 0 Å². The normalized spacial score (nSPS) is 17.4. The molecule has 0 aromatic heterocycles. The van der Waals surface area contributed by atoms with Crippen molar-refractivity contribution < 1.29 is 45.1 Å². The first-order valence-electron chi connectivity index (χ1n) is 25.2. The summed E-state index contributed by atoms with van der Waals surface area (Å²) >= 11 is -3.12. The van der Waals surface area contributed by atoms with Gasteiger partial charge in [0.15, 0.2) is 0 Å². The van der Waals surface area contributed by atoms with E-state index in [9.17, 15) is 0 Å². The number of rotatable bonds is 10. The number of fused-ring (bicyclic) bond motifs is 2. The zero-order valence-corrected chi connectivity index (χ0v) is 48.7. The van der Waals surface area contributed by atoms with E-state index in [2.05, 4.69) is 187 Å².